The van der Waals surface area contributed by atoms with Gasteiger partial charge in [0, 0.05) is 18.8 Å². The number of anilines is 1. The first-order chi connectivity index (χ1) is 12.1. The third kappa shape index (κ3) is 4.67. The molecule has 3 rings (SSSR count). The van der Waals surface area contributed by atoms with Crippen LogP contribution in [-0.2, 0) is 20.9 Å². The number of aryl methyl sites for hydroxylation is 1. The molecular formula is C20H22N2O3. The molecule has 5 nitrogen and oxygen atoms in total. The Bertz CT molecular complexity index is 746. The average Bonchev–Trinajstić information content (AvgIpc) is 2.59. The zero-order valence-electron chi connectivity index (χ0n) is 14.3. The van der Waals surface area contributed by atoms with Crippen molar-refractivity contribution in [2.24, 2.45) is 0 Å². The van der Waals surface area contributed by atoms with Crippen LogP contribution in [0.5, 0.6) is 0 Å². The van der Waals surface area contributed by atoms with Crippen LogP contribution in [0, 0.1) is 6.92 Å². The van der Waals surface area contributed by atoms with E-state index in [1.165, 1.54) is 0 Å². The van der Waals surface area contributed by atoms with Crippen molar-refractivity contribution in [1.29, 1.82) is 0 Å². The lowest BCUT2D eigenvalue weighted by molar-refractivity contribution is -0.159. The van der Waals surface area contributed by atoms with E-state index in [1.54, 1.807) is 0 Å². The third-order valence-electron chi connectivity index (χ3n) is 4.24. The van der Waals surface area contributed by atoms with Crippen LogP contribution in [0.25, 0.3) is 0 Å². The fraction of sp³-hybridized carbons (Fsp3) is 0.300. The second-order valence-corrected chi connectivity index (χ2v) is 6.26. The molecule has 1 N–H and O–H groups in total. The molecular weight excluding hydrogens is 316 g/mol. The number of nitrogens with zero attached hydrogens (tertiary/aromatic N) is 1. The number of rotatable bonds is 5. The van der Waals surface area contributed by atoms with Gasteiger partial charge in [0.25, 0.3) is 0 Å². The highest BCUT2D eigenvalue weighted by molar-refractivity contribution is 5.94. The lowest BCUT2D eigenvalue weighted by Gasteiger charge is -2.33. The zero-order valence-corrected chi connectivity index (χ0v) is 14.3. The summed E-state index contributed by atoms with van der Waals surface area (Å²) >= 11 is 0. The van der Waals surface area contributed by atoms with Crippen LogP contribution >= 0.6 is 0 Å². The van der Waals surface area contributed by atoms with E-state index in [1.807, 2.05) is 66.4 Å². The van der Waals surface area contributed by atoms with E-state index < -0.39 is 6.04 Å². The largest absolute Gasteiger partial charge is 0.463 e. The Morgan fingerprint density at radius 3 is 2.76 bits per heavy atom. The highest BCUT2D eigenvalue weighted by Gasteiger charge is 2.33. The molecule has 25 heavy (non-hydrogen) atoms. The summed E-state index contributed by atoms with van der Waals surface area (Å²) < 4.78 is 5.17. The number of cyclic esters (lactones) is 1. The second kappa shape index (κ2) is 7.94. The fourth-order valence-electron chi connectivity index (χ4n) is 2.99. The molecule has 2 aromatic rings. The highest BCUT2D eigenvalue weighted by Crippen LogP contribution is 2.17. The third-order valence-corrected chi connectivity index (χ3v) is 4.24. The SMILES string of the molecule is Cc1cccc(NC(=O)CC2C(=O)OCCN2Cc2ccccc2)c1. The van der Waals surface area contributed by atoms with Crippen molar-refractivity contribution >= 4 is 17.6 Å². The summed E-state index contributed by atoms with van der Waals surface area (Å²) in [6.07, 6.45) is 0.0829. The minimum atomic E-state index is -0.557. The highest BCUT2D eigenvalue weighted by atomic mass is 16.5. The predicted octanol–water partition coefficient (Wildman–Crippen LogP) is 2.75. The molecule has 5 heteroatoms. The number of esters is 1. The van der Waals surface area contributed by atoms with Crippen LogP contribution < -0.4 is 5.32 Å². The number of carbonyl (C=O) groups excluding carboxylic acids is 2. The summed E-state index contributed by atoms with van der Waals surface area (Å²) in [5, 5.41) is 2.86. The van der Waals surface area contributed by atoms with Crippen molar-refractivity contribution in [3.05, 3.63) is 65.7 Å². The van der Waals surface area contributed by atoms with Crippen molar-refractivity contribution in [2.75, 3.05) is 18.5 Å². The number of carbonyl (C=O) groups is 2. The summed E-state index contributed by atoms with van der Waals surface area (Å²) in [6.45, 7) is 3.58. The smallest absolute Gasteiger partial charge is 0.323 e. The number of ether oxygens (including phenoxy) is 1. The maximum Gasteiger partial charge on any atom is 0.323 e. The number of hydrogen-bond donors (Lipinski definition) is 1. The minimum absolute atomic E-state index is 0.0829. The van der Waals surface area contributed by atoms with Gasteiger partial charge < -0.3 is 10.1 Å². The van der Waals surface area contributed by atoms with E-state index in [4.69, 9.17) is 4.74 Å². The number of nitrogens with one attached hydrogen (secondary N) is 1. The maximum atomic E-state index is 12.4. The molecule has 1 saturated heterocycles. The number of benzene rings is 2. The predicted molar refractivity (Wildman–Crippen MR) is 96.0 cm³/mol. The van der Waals surface area contributed by atoms with Gasteiger partial charge in [-0.2, -0.15) is 0 Å². The molecule has 0 aromatic heterocycles. The molecule has 0 radical (unpaired) electrons. The van der Waals surface area contributed by atoms with E-state index in [-0.39, 0.29) is 18.3 Å². The van der Waals surface area contributed by atoms with Gasteiger partial charge in [0.2, 0.25) is 5.91 Å². The van der Waals surface area contributed by atoms with E-state index in [2.05, 4.69) is 5.32 Å². The Morgan fingerprint density at radius 1 is 1.20 bits per heavy atom. The maximum absolute atomic E-state index is 12.4. The Morgan fingerprint density at radius 2 is 2.00 bits per heavy atom. The first-order valence-electron chi connectivity index (χ1n) is 8.43. The van der Waals surface area contributed by atoms with Gasteiger partial charge in [0.15, 0.2) is 0 Å². The Hall–Kier alpha value is -2.66. The van der Waals surface area contributed by atoms with E-state index in [0.717, 1.165) is 16.8 Å². The topological polar surface area (TPSA) is 58.6 Å². The molecule has 1 aliphatic rings. The Kier molecular flexibility index (Phi) is 5.46. The van der Waals surface area contributed by atoms with Gasteiger partial charge in [-0.15, -0.1) is 0 Å². The molecule has 1 aliphatic heterocycles. The monoisotopic (exact) mass is 338 g/mol. The molecule has 1 fully saturated rings. The molecule has 1 atom stereocenters. The molecule has 0 spiro atoms. The average molecular weight is 338 g/mol. The summed E-state index contributed by atoms with van der Waals surface area (Å²) in [7, 11) is 0. The van der Waals surface area contributed by atoms with Gasteiger partial charge in [0.1, 0.15) is 12.6 Å². The lowest BCUT2D eigenvalue weighted by atomic mass is 10.1. The van der Waals surface area contributed by atoms with E-state index in [0.29, 0.717) is 19.7 Å². The van der Waals surface area contributed by atoms with Crippen LogP contribution in [0.4, 0.5) is 5.69 Å². The van der Waals surface area contributed by atoms with E-state index >= 15 is 0 Å². The molecule has 1 unspecified atom stereocenters. The van der Waals surface area contributed by atoms with Crippen molar-refractivity contribution in [2.45, 2.75) is 25.9 Å². The van der Waals surface area contributed by atoms with Crippen LogP contribution in [0.3, 0.4) is 0 Å². The van der Waals surface area contributed by atoms with Gasteiger partial charge >= 0.3 is 5.97 Å². The first kappa shape index (κ1) is 17.2. The molecule has 1 amide bonds. The first-order valence-corrected chi connectivity index (χ1v) is 8.43. The summed E-state index contributed by atoms with van der Waals surface area (Å²) in [4.78, 5) is 26.6. The zero-order chi connectivity index (χ0) is 17.6. The second-order valence-electron chi connectivity index (χ2n) is 6.26. The van der Waals surface area contributed by atoms with Crippen molar-refractivity contribution in [3.8, 4) is 0 Å². The number of hydrogen-bond acceptors (Lipinski definition) is 4. The summed E-state index contributed by atoms with van der Waals surface area (Å²) in [5.74, 6) is -0.519. The molecule has 0 bridgehead atoms. The lowest BCUT2D eigenvalue weighted by Crippen LogP contribution is -2.49. The Labute approximate surface area is 147 Å². The fourth-order valence-corrected chi connectivity index (χ4v) is 2.99. The van der Waals surface area contributed by atoms with Gasteiger partial charge in [-0.3, -0.25) is 14.5 Å². The normalized spacial score (nSPS) is 17.8. The molecule has 0 aliphatic carbocycles. The van der Waals surface area contributed by atoms with Crippen molar-refractivity contribution in [1.82, 2.24) is 4.90 Å². The quantitative estimate of drug-likeness (QED) is 0.852. The number of morpholine rings is 1. The summed E-state index contributed by atoms with van der Waals surface area (Å²) in [6, 6.07) is 17.0. The van der Waals surface area contributed by atoms with Crippen molar-refractivity contribution < 1.29 is 14.3 Å². The van der Waals surface area contributed by atoms with Crippen LogP contribution in [-0.4, -0.2) is 36.0 Å². The van der Waals surface area contributed by atoms with Crippen LogP contribution in [0.1, 0.15) is 17.5 Å². The molecule has 130 valence electrons. The van der Waals surface area contributed by atoms with Crippen LogP contribution in [0.15, 0.2) is 54.6 Å². The summed E-state index contributed by atoms with van der Waals surface area (Å²) in [5.41, 5.74) is 2.92. The molecule has 2 aromatic carbocycles. The number of amides is 1. The molecule has 1 heterocycles. The standard InChI is InChI=1S/C20H22N2O3/c1-15-6-5-9-17(12-15)21-19(23)13-18-20(24)25-11-10-22(18)14-16-7-3-2-4-8-16/h2-9,12,18H,10-11,13-14H2,1H3,(H,21,23). The van der Waals surface area contributed by atoms with Gasteiger partial charge in [-0.25, -0.2) is 0 Å². The Balaban J connectivity index is 1.66. The van der Waals surface area contributed by atoms with E-state index in [9.17, 15) is 9.59 Å². The van der Waals surface area contributed by atoms with Crippen molar-refractivity contribution in [3.63, 3.8) is 0 Å². The molecule has 0 saturated carbocycles. The van der Waals surface area contributed by atoms with Gasteiger partial charge in [0.05, 0.1) is 6.42 Å². The minimum Gasteiger partial charge on any atom is -0.463 e. The van der Waals surface area contributed by atoms with Gasteiger partial charge in [-0.05, 0) is 30.2 Å². The van der Waals surface area contributed by atoms with Gasteiger partial charge in [-0.1, -0.05) is 42.5 Å². The van der Waals surface area contributed by atoms with Crippen LogP contribution in [0.2, 0.25) is 0 Å².